The minimum Gasteiger partial charge on any atom is -0.435 e. The zero-order valence-corrected chi connectivity index (χ0v) is 18.7. The Morgan fingerprint density at radius 3 is 2.37 bits per heavy atom. The molecule has 1 saturated heterocycles. The minimum atomic E-state index is -4.01. The van der Waals surface area contributed by atoms with Crippen LogP contribution in [0.2, 0.25) is 0 Å². The van der Waals surface area contributed by atoms with Crippen molar-refractivity contribution in [1.29, 1.82) is 0 Å². The molecule has 9 heteroatoms. The molecule has 1 fully saturated rings. The zero-order valence-electron chi connectivity index (χ0n) is 17.8. The van der Waals surface area contributed by atoms with Crippen LogP contribution in [0, 0.1) is 5.92 Å². The number of imide groups is 1. The summed E-state index contributed by atoms with van der Waals surface area (Å²) in [5, 5.41) is 12.5. The highest BCUT2D eigenvalue weighted by atomic mass is 31.2. The van der Waals surface area contributed by atoms with Crippen molar-refractivity contribution in [3.63, 3.8) is 0 Å². The van der Waals surface area contributed by atoms with E-state index in [2.05, 4.69) is 5.32 Å². The van der Waals surface area contributed by atoms with Gasteiger partial charge in [0.15, 0.2) is 0 Å². The van der Waals surface area contributed by atoms with Gasteiger partial charge in [-0.15, -0.1) is 0 Å². The van der Waals surface area contributed by atoms with Crippen molar-refractivity contribution >= 4 is 25.3 Å². The van der Waals surface area contributed by atoms with Gasteiger partial charge in [-0.3, -0.25) is 9.36 Å². The number of rotatable bonds is 8. The van der Waals surface area contributed by atoms with Crippen LogP contribution in [-0.2, 0) is 9.36 Å². The van der Waals surface area contributed by atoms with E-state index in [-0.39, 0.29) is 24.5 Å². The van der Waals surface area contributed by atoms with Crippen molar-refractivity contribution < 1.29 is 33.4 Å². The smallest absolute Gasteiger partial charge is 0.435 e. The van der Waals surface area contributed by atoms with E-state index in [9.17, 15) is 28.9 Å². The van der Waals surface area contributed by atoms with E-state index < -0.39 is 42.1 Å². The molecule has 0 bridgehead atoms. The first-order valence-electron chi connectivity index (χ1n) is 10.3. The van der Waals surface area contributed by atoms with Crippen molar-refractivity contribution in [2.24, 2.45) is 5.92 Å². The predicted octanol–water partition coefficient (Wildman–Crippen LogP) is 3.31. The van der Waals surface area contributed by atoms with Crippen molar-refractivity contribution in [2.75, 3.05) is 18.9 Å². The number of carboxylic acid groups (broad SMARTS) is 1. The maximum atomic E-state index is 12.9. The normalized spacial score (nSPS) is 24.2. The Balaban J connectivity index is 2.13. The lowest BCUT2D eigenvalue weighted by atomic mass is 10.0. The average Bonchev–Trinajstić information content (AvgIpc) is 3.03. The summed E-state index contributed by atoms with van der Waals surface area (Å²) in [6, 6.07) is 7.52. The average molecular weight is 439 g/mol. The standard InChI is InChI=1S/C21H31N2O6P/c1-15(2)12-18(22-20(25)17-9-5-4-6-10-17)13-30(28,29)14-19(24)23(21(26)27)11-7-8-16(23)3/h4-6,9-10,15-16,18H,7-8,11-14H2,1-3H3,(H2-,22,25,26,27,28,29)/p+1/t16?,18?,23-/m0/s1. The number of carbonyl (C=O) groups excluding carboxylic acids is 2. The van der Waals surface area contributed by atoms with Gasteiger partial charge < -0.3 is 15.3 Å². The van der Waals surface area contributed by atoms with Crippen LogP contribution < -0.4 is 5.32 Å². The van der Waals surface area contributed by atoms with Crippen LogP contribution in [-0.4, -0.2) is 63.3 Å². The largest absolute Gasteiger partial charge is 0.521 e. The minimum absolute atomic E-state index is 0.134. The Morgan fingerprint density at radius 2 is 1.87 bits per heavy atom. The summed E-state index contributed by atoms with van der Waals surface area (Å²) in [6.45, 7) is 5.69. The second-order valence-corrected chi connectivity index (χ2v) is 11.0. The lowest BCUT2D eigenvalue weighted by molar-refractivity contribution is -0.791. The molecule has 0 saturated carbocycles. The number of hydrogen-bond acceptors (Lipinski definition) is 4. The van der Waals surface area contributed by atoms with Crippen molar-refractivity contribution in [3.8, 4) is 0 Å². The summed E-state index contributed by atoms with van der Waals surface area (Å²) in [6.07, 6.45) is -0.633. The molecule has 4 atom stereocenters. The first-order valence-corrected chi connectivity index (χ1v) is 12.3. The number of nitrogens with zero attached hydrogens (tertiary/aromatic N) is 1. The van der Waals surface area contributed by atoms with Gasteiger partial charge in [0.25, 0.3) is 5.91 Å². The van der Waals surface area contributed by atoms with Crippen LogP contribution in [0.25, 0.3) is 0 Å². The summed E-state index contributed by atoms with van der Waals surface area (Å²) >= 11 is 0. The molecular formula is C21H32N2O6P+. The second kappa shape index (κ2) is 9.86. The van der Waals surface area contributed by atoms with E-state index in [1.807, 2.05) is 13.8 Å². The first-order chi connectivity index (χ1) is 14.0. The summed E-state index contributed by atoms with van der Waals surface area (Å²) in [5.74, 6) is -0.941. The molecule has 3 unspecified atom stereocenters. The van der Waals surface area contributed by atoms with Gasteiger partial charge in [-0.25, -0.2) is 4.79 Å². The van der Waals surface area contributed by atoms with Crippen LogP contribution in [0.3, 0.4) is 0 Å². The van der Waals surface area contributed by atoms with E-state index in [1.54, 1.807) is 37.3 Å². The number of benzene rings is 1. The lowest BCUT2D eigenvalue weighted by Crippen LogP contribution is -2.59. The van der Waals surface area contributed by atoms with Gasteiger partial charge in [0.1, 0.15) is 12.2 Å². The van der Waals surface area contributed by atoms with Gasteiger partial charge in [0.05, 0.1) is 6.54 Å². The molecule has 0 radical (unpaired) electrons. The summed E-state index contributed by atoms with van der Waals surface area (Å²) in [4.78, 5) is 47.8. The Morgan fingerprint density at radius 1 is 1.23 bits per heavy atom. The van der Waals surface area contributed by atoms with Crippen LogP contribution >= 0.6 is 7.37 Å². The molecule has 0 spiro atoms. The highest BCUT2D eigenvalue weighted by molar-refractivity contribution is 7.59. The Kier molecular flexibility index (Phi) is 7.97. The molecule has 0 aromatic heterocycles. The quantitative estimate of drug-likeness (QED) is 0.422. The molecule has 0 aliphatic carbocycles. The molecule has 1 heterocycles. The number of likely N-dealkylation sites (tertiary alicyclic amines) is 1. The summed E-state index contributed by atoms with van der Waals surface area (Å²) < 4.78 is 12.1. The van der Waals surface area contributed by atoms with Gasteiger partial charge in [-0.1, -0.05) is 32.0 Å². The molecule has 2 rings (SSSR count). The highest BCUT2D eigenvalue weighted by Gasteiger charge is 2.54. The van der Waals surface area contributed by atoms with Crippen LogP contribution in [0.4, 0.5) is 4.79 Å². The fourth-order valence-corrected chi connectivity index (χ4v) is 5.92. The number of amides is 3. The van der Waals surface area contributed by atoms with Gasteiger partial charge in [-0.2, -0.15) is 9.28 Å². The number of carbonyl (C=O) groups is 3. The fourth-order valence-electron chi connectivity index (χ4n) is 4.19. The van der Waals surface area contributed by atoms with Gasteiger partial charge in [0, 0.05) is 30.6 Å². The van der Waals surface area contributed by atoms with E-state index in [1.165, 1.54) is 0 Å². The lowest BCUT2D eigenvalue weighted by Gasteiger charge is -2.30. The third-order valence-corrected chi connectivity index (χ3v) is 7.46. The maximum Gasteiger partial charge on any atom is 0.521 e. The Hall–Kier alpha value is -2.02. The monoisotopic (exact) mass is 439 g/mol. The van der Waals surface area contributed by atoms with Crippen molar-refractivity contribution in [1.82, 2.24) is 5.32 Å². The molecule has 3 amide bonds. The van der Waals surface area contributed by atoms with Crippen LogP contribution in [0.15, 0.2) is 30.3 Å². The number of hydrogen-bond donors (Lipinski definition) is 3. The Labute approximate surface area is 177 Å². The van der Waals surface area contributed by atoms with Crippen LogP contribution in [0.1, 0.15) is 50.4 Å². The summed E-state index contributed by atoms with van der Waals surface area (Å²) in [5.41, 5.74) is 0.441. The molecule has 1 aliphatic heterocycles. The van der Waals surface area contributed by atoms with Crippen molar-refractivity contribution in [2.45, 2.75) is 52.1 Å². The van der Waals surface area contributed by atoms with E-state index in [4.69, 9.17) is 0 Å². The van der Waals surface area contributed by atoms with E-state index in [0.29, 0.717) is 24.8 Å². The topological polar surface area (TPSA) is 121 Å². The number of quaternary nitrogens is 1. The third kappa shape index (κ3) is 5.78. The van der Waals surface area contributed by atoms with Gasteiger partial charge in [0.2, 0.25) is 7.37 Å². The van der Waals surface area contributed by atoms with Crippen molar-refractivity contribution in [3.05, 3.63) is 35.9 Å². The zero-order chi connectivity index (χ0) is 22.5. The molecule has 8 nitrogen and oxygen atoms in total. The number of nitrogens with one attached hydrogen (secondary N) is 1. The van der Waals surface area contributed by atoms with Gasteiger partial charge >= 0.3 is 12.0 Å². The molecule has 3 N–H and O–H groups in total. The summed E-state index contributed by atoms with van der Waals surface area (Å²) in [7, 11) is -4.01. The Bertz CT molecular complexity index is 828. The molecule has 1 aromatic carbocycles. The molecule has 1 aliphatic rings. The van der Waals surface area contributed by atoms with Gasteiger partial charge in [-0.05, 0) is 31.4 Å². The van der Waals surface area contributed by atoms with Crippen LogP contribution in [0.5, 0.6) is 0 Å². The maximum absolute atomic E-state index is 12.9. The molecule has 30 heavy (non-hydrogen) atoms. The van der Waals surface area contributed by atoms with E-state index in [0.717, 1.165) is 0 Å². The third-order valence-electron chi connectivity index (χ3n) is 5.69. The molecule has 1 aromatic rings. The predicted molar refractivity (Wildman–Crippen MR) is 114 cm³/mol. The molecule has 166 valence electrons. The van der Waals surface area contributed by atoms with E-state index >= 15 is 0 Å². The highest BCUT2D eigenvalue weighted by Crippen LogP contribution is 2.44. The first kappa shape index (κ1) is 24.3. The molecular weight excluding hydrogens is 407 g/mol. The second-order valence-electron chi connectivity index (χ2n) is 8.61. The SMILES string of the molecule is CC(C)CC(CP(=O)(O)CC(=O)[N@+]1(C(=O)O)CCCC1C)NC(=O)c1ccccc1. The fraction of sp³-hybridized carbons (Fsp3) is 0.571.